The summed E-state index contributed by atoms with van der Waals surface area (Å²) in [6.07, 6.45) is 0.853. The summed E-state index contributed by atoms with van der Waals surface area (Å²) in [5.74, 6) is -0.0747. The molecule has 0 saturated carbocycles. The van der Waals surface area contributed by atoms with E-state index in [4.69, 9.17) is 12.2 Å². The number of hydrogen-bond acceptors (Lipinski definition) is 3. The second-order valence-electron chi connectivity index (χ2n) is 6.49. The van der Waals surface area contributed by atoms with Gasteiger partial charge in [-0.15, -0.1) is 0 Å². The van der Waals surface area contributed by atoms with Crippen molar-refractivity contribution in [1.82, 2.24) is 10.6 Å². The Bertz CT molecular complexity index is 816. The first kappa shape index (κ1) is 20.6. The van der Waals surface area contributed by atoms with Gasteiger partial charge in [0.1, 0.15) is 0 Å². The lowest BCUT2D eigenvalue weighted by atomic mass is 10.0. The molecule has 2 rings (SSSR count). The van der Waals surface area contributed by atoms with Crippen LogP contribution in [0.3, 0.4) is 0 Å². The van der Waals surface area contributed by atoms with Crippen molar-refractivity contribution in [3.63, 3.8) is 0 Å². The van der Waals surface area contributed by atoms with E-state index in [0.29, 0.717) is 29.3 Å². The predicted octanol–water partition coefficient (Wildman–Crippen LogP) is 4.08. The van der Waals surface area contributed by atoms with Gasteiger partial charge in [0.2, 0.25) is 0 Å². The molecule has 142 valence electrons. The smallest absolute Gasteiger partial charge is 0.257 e. The Hall–Kier alpha value is -2.73. The quantitative estimate of drug-likeness (QED) is 0.658. The van der Waals surface area contributed by atoms with Gasteiger partial charge < -0.3 is 10.6 Å². The van der Waals surface area contributed by atoms with Crippen LogP contribution in [0, 0.1) is 0 Å². The summed E-state index contributed by atoms with van der Waals surface area (Å²) in [5, 5.41) is 8.57. The number of amides is 2. The number of carbonyl (C=O) groups is 2. The lowest BCUT2D eigenvalue weighted by Gasteiger charge is -2.13. The fourth-order valence-electron chi connectivity index (χ4n) is 2.47. The van der Waals surface area contributed by atoms with Gasteiger partial charge in [0.05, 0.1) is 11.3 Å². The summed E-state index contributed by atoms with van der Waals surface area (Å²) >= 11 is 5.24. The Morgan fingerprint density at radius 3 is 2.30 bits per heavy atom. The molecule has 5 nitrogen and oxygen atoms in total. The van der Waals surface area contributed by atoms with Crippen LogP contribution >= 0.6 is 12.2 Å². The van der Waals surface area contributed by atoms with Crippen LogP contribution in [0.15, 0.2) is 48.5 Å². The zero-order chi connectivity index (χ0) is 19.8. The van der Waals surface area contributed by atoms with E-state index in [9.17, 15) is 9.59 Å². The number of carbonyl (C=O) groups excluding carboxylic acids is 2. The van der Waals surface area contributed by atoms with Crippen LogP contribution in [0.4, 0.5) is 5.69 Å². The van der Waals surface area contributed by atoms with Gasteiger partial charge in [-0.25, -0.2) is 0 Å². The van der Waals surface area contributed by atoms with Crippen molar-refractivity contribution in [2.75, 3.05) is 11.9 Å². The third-order valence-electron chi connectivity index (χ3n) is 4.02. The minimum Gasteiger partial charge on any atom is -0.352 e. The molecule has 2 amide bonds. The molecule has 2 aromatic carbocycles. The molecule has 0 saturated heterocycles. The summed E-state index contributed by atoms with van der Waals surface area (Å²) in [6, 6.07) is 14.5. The first-order valence-corrected chi connectivity index (χ1v) is 9.42. The Labute approximate surface area is 165 Å². The van der Waals surface area contributed by atoms with Gasteiger partial charge in [0.15, 0.2) is 5.11 Å². The Balaban J connectivity index is 2.03. The molecule has 3 N–H and O–H groups in total. The molecular weight excluding hydrogens is 358 g/mol. The SMILES string of the molecule is CCCNC(=O)c1ccccc1NC(=S)NC(=O)c1ccc(C(C)C)cc1. The maximum Gasteiger partial charge on any atom is 0.257 e. The Morgan fingerprint density at radius 2 is 1.67 bits per heavy atom. The molecule has 0 aliphatic heterocycles. The molecular formula is C21H25N3O2S. The van der Waals surface area contributed by atoms with Crippen LogP contribution in [0.1, 0.15) is 59.4 Å². The van der Waals surface area contributed by atoms with Crippen molar-refractivity contribution >= 4 is 34.8 Å². The molecule has 0 heterocycles. The normalized spacial score (nSPS) is 10.4. The largest absolute Gasteiger partial charge is 0.352 e. The van der Waals surface area contributed by atoms with E-state index >= 15 is 0 Å². The second kappa shape index (κ2) is 9.83. The highest BCUT2D eigenvalue weighted by Gasteiger charge is 2.13. The number of nitrogens with one attached hydrogen (secondary N) is 3. The maximum atomic E-state index is 12.4. The molecule has 0 aromatic heterocycles. The minimum atomic E-state index is -0.296. The van der Waals surface area contributed by atoms with Crippen molar-refractivity contribution in [3.8, 4) is 0 Å². The average Bonchev–Trinajstić information content (AvgIpc) is 2.66. The summed E-state index contributed by atoms with van der Waals surface area (Å²) in [6.45, 7) is 6.79. The highest BCUT2D eigenvalue weighted by atomic mass is 32.1. The summed E-state index contributed by atoms with van der Waals surface area (Å²) in [4.78, 5) is 24.6. The Morgan fingerprint density at radius 1 is 1.00 bits per heavy atom. The van der Waals surface area contributed by atoms with Crippen molar-refractivity contribution in [2.45, 2.75) is 33.1 Å². The van der Waals surface area contributed by atoms with Gasteiger partial charge in [-0.05, 0) is 54.4 Å². The van der Waals surface area contributed by atoms with E-state index in [1.807, 2.05) is 19.1 Å². The van der Waals surface area contributed by atoms with Gasteiger partial charge in [-0.1, -0.05) is 45.0 Å². The molecule has 2 aromatic rings. The lowest BCUT2D eigenvalue weighted by molar-refractivity contribution is 0.0952. The van der Waals surface area contributed by atoms with E-state index < -0.39 is 0 Å². The standard InChI is InChI=1S/C21H25N3O2S/c1-4-13-22-20(26)17-7-5-6-8-18(17)23-21(27)24-19(25)16-11-9-15(10-12-16)14(2)3/h5-12,14H,4,13H2,1-3H3,(H,22,26)(H2,23,24,25,27). The molecule has 0 fully saturated rings. The fourth-order valence-corrected chi connectivity index (χ4v) is 2.67. The topological polar surface area (TPSA) is 70.2 Å². The number of anilines is 1. The number of benzene rings is 2. The maximum absolute atomic E-state index is 12.4. The minimum absolute atomic E-state index is 0.142. The van der Waals surface area contributed by atoms with Crippen molar-refractivity contribution in [2.24, 2.45) is 0 Å². The number of hydrogen-bond donors (Lipinski definition) is 3. The fraction of sp³-hybridized carbons (Fsp3) is 0.286. The molecule has 0 aliphatic carbocycles. The van der Waals surface area contributed by atoms with E-state index in [-0.39, 0.29) is 16.9 Å². The number of thiocarbonyl (C=S) groups is 1. The summed E-state index contributed by atoms with van der Waals surface area (Å²) in [5.41, 5.74) is 2.71. The molecule has 0 bridgehead atoms. The van der Waals surface area contributed by atoms with Crippen LogP contribution in [0.2, 0.25) is 0 Å². The van der Waals surface area contributed by atoms with Crippen molar-refractivity contribution < 1.29 is 9.59 Å². The van der Waals surface area contributed by atoms with Crippen molar-refractivity contribution in [1.29, 1.82) is 0 Å². The average molecular weight is 384 g/mol. The molecule has 0 spiro atoms. The van der Waals surface area contributed by atoms with E-state index in [1.54, 1.807) is 36.4 Å². The number of para-hydroxylation sites is 1. The molecule has 0 aliphatic rings. The van der Waals surface area contributed by atoms with Gasteiger partial charge >= 0.3 is 0 Å². The third kappa shape index (κ3) is 5.89. The molecule has 27 heavy (non-hydrogen) atoms. The van der Waals surface area contributed by atoms with Crippen molar-refractivity contribution in [3.05, 3.63) is 65.2 Å². The van der Waals surface area contributed by atoms with E-state index in [2.05, 4.69) is 29.8 Å². The zero-order valence-corrected chi connectivity index (χ0v) is 16.7. The van der Waals surface area contributed by atoms with Gasteiger partial charge in [0, 0.05) is 12.1 Å². The van der Waals surface area contributed by atoms with Crippen LogP contribution in [-0.4, -0.2) is 23.5 Å². The highest BCUT2D eigenvalue weighted by Crippen LogP contribution is 2.16. The van der Waals surface area contributed by atoms with Gasteiger partial charge in [0.25, 0.3) is 11.8 Å². The van der Waals surface area contributed by atoms with E-state index in [1.165, 1.54) is 5.56 Å². The predicted molar refractivity (Wildman–Crippen MR) is 113 cm³/mol. The van der Waals surface area contributed by atoms with Crippen LogP contribution in [0.5, 0.6) is 0 Å². The molecule has 0 radical (unpaired) electrons. The molecule has 6 heteroatoms. The van der Waals surface area contributed by atoms with Crippen LogP contribution in [0.25, 0.3) is 0 Å². The van der Waals surface area contributed by atoms with Gasteiger partial charge in [-0.3, -0.25) is 14.9 Å². The highest BCUT2D eigenvalue weighted by molar-refractivity contribution is 7.80. The zero-order valence-electron chi connectivity index (χ0n) is 15.8. The molecule has 0 unspecified atom stereocenters. The summed E-state index contributed by atoms with van der Waals surface area (Å²) in [7, 11) is 0. The van der Waals surface area contributed by atoms with E-state index in [0.717, 1.165) is 6.42 Å². The van der Waals surface area contributed by atoms with Gasteiger partial charge in [-0.2, -0.15) is 0 Å². The lowest BCUT2D eigenvalue weighted by Crippen LogP contribution is -2.35. The first-order valence-electron chi connectivity index (χ1n) is 9.02. The Kier molecular flexibility index (Phi) is 7.49. The first-order chi connectivity index (χ1) is 12.9. The monoisotopic (exact) mass is 383 g/mol. The number of rotatable bonds is 6. The third-order valence-corrected chi connectivity index (χ3v) is 4.23. The van der Waals surface area contributed by atoms with Crippen LogP contribution in [-0.2, 0) is 0 Å². The molecule has 0 atom stereocenters. The van der Waals surface area contributed by atoms with Crippen LogP contribution < -0.4 is 16.0 Å². The second-order valence-corrected chi connectivity index (χ2v) is 6.89. The summed E-state index contributed by atoms with van der Waals surface area (Å²) < 4.78 is 0.